The van der Waals surface area contributed by atoms with Crippen LogP contribution in [0, 0.1) is 17.7 Å². The lowest BCUT2D eigenvalue weighted by Gasteiger charge is -2.29. The zero-order chi connectivity index (χ0) is 14.5. The van der Waals surface area contributed by atoms with Gasteiger partial charge in [-0.2, -0.15) is 0 Å². The molecule has 0 saturated heterocycles. The van der Waals surface area contributed by atoms with E-state index in [1.54, 1.807) is 0 Å². The maximum atomic E-state index is 12.9. The van der Waals surface area contributed by atoms with Crippen LogP contribution in [0.4, 0.5) is 4.39 Å². The zero-order valence-corrected chi connectivity index (χ0v) is 12.6. The van der Waals surface area contributed by atoms with Crippen LogP contribution in [-0.4, -0.2) is 5.78 Å². The number of Topliss-reactive ketones (excluding diaryl/α,β-unsaturated/α-hetero) is 1. The van der Waals surface area contributed by atoms with Crippen molar-refractivity contribution in [1.29, 1.82) is 0 Å². The van der Waals surface area contributed by atoms with Gasteiger partial charge in [0.05, 0.1) is 0 Å². The lowest BCUT2D eigenvalue weighted by atomic mass is 9.75. The number of hydrogen-bond acceptors (Lipinski definition) is 1. The average molecular weight is 276 g/mol. The van der Waals surface area contributed by atoms with Crippen LogP contribution < -0.4 is 0 Å². The number of carbonyl (C=O) groups excluding carboxylic acids is 1. The van der Waals surface area contributed by atoms with Gasteiger partial charge in [0.15, 0.2) is 0 Å². The third-order valence-corrected chi connectivity index (χ3v) is 4.68. The Kier molecular flexibility index (Phi) is 5.33. The van der Waals surface area contributed by atoms with Crippen LogP contribution in [0.25, 0.3) is 0 Å². The molecule has 1 aliphatic rings. The van der Waals surface area contributed by atoms with E-state index in [1.165, 1.54) is 17.7 Å². The minimum atomic E-state index is -0.175. The molecule has 2 rings (SSSR count). The molecule has 0 aliphatic heterocycles. The van der Waals surface area contributed by atoms with Crippen LogP contribution in [0.5, 0.6) is 0 Å². The first-order chi connectivity index (χ1) is 9.61. The normalized spacial score (nSPS) is 24.4. The minimum absolute atomic E-state index is 0.175. The molecular weight excluding hydrogens is 251 g/mol. The van der Waals surface area contributed by atoms with Gasteiger partial charge in [0.25, 0.3) is 0 Å². The summed E-state index contributed by atoms with van der Waals surface area (Å²) >= 11 is 0. The molecule has 0 spiro atoms. The predicted octanol–water partition coefficient (Wildman–Crippen LogP) is 5.10. The molecule has 1 atom stereocenters. The summed E-state index contributed by atoms with van der Waals surface area (Å²) in [6, 6.07) is 6.86. The van der Waals surface area contributed by atoms with E-state index in [4.69, 9.17) is 0 Å². The molecule has 0 bridgehead atoms. The van der Waals surface area contributed by atoms with Crippen molar-refractivity contribution in [2.45, 2.75) is 58.3 Å². The molecule has 110 valence electrons. The highest BCUT2D eigenvalue weighted by Gasteiger charge is 2.29. The van der Waals surface area contributed by atoms with Crippen molar-refractivity contribution in [1.82, 2.24) is 0 Å². The van der Waals surface area contributed by atoms with Crippen molar-refractivity contribution in [2.75, 3.05) is 0 Å². The SMILES string of the molecule is CCCC(C)C(=O)C1CCC(c2ccc(F)cc2)CC1. The van der Waals surface area contributed by atoms with Gasteiger partial charge in [-0.3, -0.25) is 4.79 Å². The van der Waals surface area contributed by atoms with Gasteiger partial charge in [-0.1, -0.05) is 32.4 Å². The maximum absolute atomic E-state index is 12.9. The monoisotopic (exact) mass is 276 g/mol. The Hall–Kier alpha value is -1.18. The molecule has 1 nitrogen and oxygen atoms in total. The smallest absolute Gasteiger partial charge is 0.138 e. The highest BCUT2D eigenvalue weighted by Crippen LogP contribution is 2.37. The van der Waals surface area contributed by atoms with Crippen molar-refractivity contribution in [3.63, 3.8) is 0 Å². The molecule has 1 unspecified atom stereocenters. The number of carbonyl (C=O) groups is 1. The van der Waals surface area contributed by atoms with Crippen molar-refractivity contribution in [3.05, 3.63) is 35.6 Å². The van der Waals surface area contributed by atoms with Gasteiger partial charge in [0.1, 0.15) is 11.6 Å². The lowest BCUT2D eigenvalue weighted by molar-refractivity contribution is -0.127. The summed E-state index contributed by atoms with van der Waals surface area (Å²) in [5, 5.41) is 0. The van der Waals surface area contributed by atoms with E-state index >= 15 is 0 Å². The first kappa shape index (κ1) is 15.2. The third kappa shape index (κ3) is 3.68. The molecule has 1 aliphatic carbocycles. The Labute approximate surface area is 121 Å². The molecule has 20 heavy (non-hydrogen) atoms. The van der Waals surface area contributed by atoms with E-state index in [9.17, 15) is 9.18 Å². The average Bonchev–Trinajstić information content (AvgIpc) is 2.48. The van der Waals surface area contributed by atoms with Gasteiger partial charge in [-0.05, 0) is 55.7 Å². The minimum Gasteiger partial charge on any atom is -0.299 e. The van der Waals surface area contributed by atoms with E-state index in [1.807, 2.05) is 12.1 Å². The summed E-state index contributed by atoms with van der Waals surface area (Å²) in [7, 11) is 0. The van der Waals surface area contributed by atoms with Crippen LogP contribution in [-0.2, 0) is 4.79 Å². The predicted molar refractivity (Wildman–Crippen MR) is 80.2 cm³/mol. The van der Waals surface area contributed by atoms with Crippen LogP contribution in [0.15, 0.2) is 24.3 Å². The van der Waals surface area contributed by atoms with Crippen LogP contribution in [0.3, 0.4) is 0 Å². The number of benzene rings is 1. The number of ketones is 1. The van der Waals surface area contributed by atoms with E-state index < -0.39 is 0 Å². The summed E-state index contributed by atoms with van der Waals surface area (Å²) in [6.07, 6.45) is 6.19. The topological polar surface area (TPSA) is 17.1 Å². The first-order valence-electron chi connectivity index (χ1n) is 7.91. The number of rotatable bonds is 5. The quantitative estimate of drug-likeness (QED) is 0.730. The molecule has 1 fully saturated rings. The van der Waals surface area contributed by atoms with Gasteiger partial charge in [0, 0.05) is 11.8 Å². The largest absolute Gasteiger partial charge is 0.299 e. The van der Waals surface area contributed by atoms with E-state index in [0.29, 0.717) is 11.7 Å². The summed E-state index contributed by atoms with van der Waals surface area (Å²) < 4.78 is 12.9. The van der Waals surface area contributed by atoms with Crippen molar-refractivity contribution < 1.29 is 9.18 Å². The maximum Gasteiger partial charge on any atom is 0.138 e. The molecule has 1 aromatic carbocycles. The van der Waals surface area contributed by atoms with E-state index in [2.05, 4.69) is 13.8 Å². The van der Waals surface area contributed by atoms with Gasteiger partial charge < -0.3 is 0 Å². The molecule has 1 aromatic rings. The molecule has 2 heteroatoms. The summed E-state index contributed by atoms with van der Waals surface area (Å²) in [4.78, 5) is 12.3. The van der Waals surface area contributed by atoms with Gasteiger partial charge in [-0.25, -0.2) is 4.39 Å². The van der Waals surface area contributed by atoms with Gasteiger partial charge in [0.2, 0.25) is 0 Å². The number of hydrogen-bond donors (Lipinski definition) is 0. The zero-order valence-electron chi connectivity index (χ0n) is 12.6. The second-order valence-corrected chi connectivity index (χ2v) is 6.19. The molecule has 0 N–H and O–H groups in total. The van der Waals surface area contributed by atoms with Crippen molar-refractivity contribution >= 4 is 5.78 Å². The van der Waals surface area contributed by atoms with E-state index in [-0.39, 0.29) is 17.7 Å². The molecular formula is C18H25FO. The fourth-order valence-electron chi connectivity index (χ4n) is 3.42. The van der Waals surface area contributed by atoms with Crippen LogP contribution >= 0.6 is 0 Å². The molecule has 1 saturated carbocycles. The van der Waals surface area contributed by atoms with Gasteiger partial charge >= 0.3 is 0 Å². The number of halogens is 1. The van der Waals surface area contributed by atoms with E-state index in [0.717, 1.165) is 38.5 Å². The van der Waals surface area contributed by atoms with Crippen LogP contribution in [0.2, 0.25) is 0 Å². The fourth-order valence-corrected chi connectivity index (χ4v) is 3.42. The van der Waals surface area contributed by atoms with Crippen molar-refractivity contribution in [3.8, 4) is 0 Å². The highest BCUT2D eigenvalue weighted by atomic mass is 19.1. The molecule has 0 radical (unpaired) electrons. The Morgan fingerprint density at radius 2 is 1.80 bits per heavy atom. The summed E-state index contributed by atoms with van der Waals surface area (Å²) in [5.74, 6) is 1.26. The second kappa shape index (κ2) is 7.01. The van der Waals surface area contributed by atoms with Crippen LogP contribution in [0.1, 0.15) is 63.9 Å². The lowest BCUT2D eigenvalue weighted by Crippen LogP contribution is -2.25. The van der Waals surface area contributed by atoms with Crippen molar-refractivity contribution in [2.24, 2.45) is 11.8 Å². The Morgan fingerprint density at radius 1 is 1.20 bits per heavy atom. The Morgan fingerprint density at radius 3 is 2.35 bits per heavy atom. The third-order valence-electron chi connectivity index (χ3n) is 4.68. The summed E-state index contributed by atoms with van der Waals surface area (Å²) in [5.41, 5.74) is 1.22. The molecule has 0 aromatic heterocycles. The Bertz CT molecular complexity index is 429. The molecule has 0 amide bonds. The standard InChI is InChI=1S/C18H25FO/c1-3-4-13(2)18(20)16-7-5-14(6-8-16)15-9-11-17(19)12-10-15/h9-14,16H,3-8H2,1-2H3. The molecule has 0 heterocycles. The Balaban J connectivity index is 1.89. The second-order valence-electron chi connectivity index (χ2n) is 6.19. The highest BCUT2D eigenvalue weighted by molar-refractivity contribution is 5.83. The first-order valence-corrected chi connectivity index (χ1v) is 7.91. The fraction of sp³-hybridized carbons (Fsp3) is 0.611. The summed E-state index contributed by atoms with van der Waals surface area (Å²) in [6.45, 7) is 4.20. The van der Waals surface area contributed by atoms with Gasteiger partial charge in [-0.15, -0.1) is 0 Å².